The van der Waals surface area contributed by atoms with Crippen LogP contribution in [0, 0.1) is 0 Å². The monoisotopic (exact) mass is 259 g/mol. The molecule has 2 aromatic rings. The van der Waals surface area contributed by atoms with E-state index in [2.05, 4.69) is 15.3 Å². The molecule has 0 aliphatic heterocycles. The van der Waals surface area contributed by atoms with Gasteiger partial charge in [0.05, 0.1) is 23.6 Å². The normalized spacial score (nSPS) is 22.4. The molecule has 0 amide bonds. The molecular weight excluding hydrogens is 242 g/mol. The van der Waals surface area contributed by atoms with E-state index in [9.17, 15) is 4.79 Å². The van der Waals surface area contributed by atoms with Crippen molar-refractivity contribution in [2.24, 2.45) is 0 Å². The average molecular weight is 259 g/mol. The molecule has 1 aliphatic rings. The second-order valence-corrected chi connectivity index (χ2v) is 4.94. The maximum atomic E-state index is 11.9. The molecule has 0 unspecified atom stereocenters. The van der Waals surface area contributed by atoms with Crippen LogP contribution in [0.15, 0.2) is 29.1 Å². The summed E-state index contributed by atoms with van der Waals surface area (Å²) in [5.41, 5.74) is 0.664. The topological polar surface area (TPSA) is 67.0 Å². The largest absolute Gasteiger partial charge is 0.381 e. The lowest BCUT2D eigenvalue weighted by Crippen LogP contribution is -2.44. The van der Waals surface area contributed by atoms with Gasteiger partial charge < -0.3 is 15.0 Å². The smallest absolute Gasteiger partial charge is 0.258 e. The standard InChI is InChI=1S/C14H17N3O2/c1-19-10-6-9(7-10)15-8-13-16-12-5-3-2-4-11(12)14(18)17-13/h2-5,9-10,15H,6-8H2,1H3,(H,16,17,18). The van der Waals surface area contributed by atoms with E-state index in [0.717, 1.165) is 18.4 Å². The molecule has 1 heterocycles. The molecule has 1 fully saturated rings. The van der Waals surface area contributed by atoms with E-state index in [-0.39, 0.29) is 5.56 Å². The summed E-state index contributed by atoms with van der Waals surface area (Å²) in [6.07, 6.45) is 2.42. The van der Waals surface area contributed by atoms with Crippen molar-refractivity contribution in [3.63, 3.8) is 0 Å². The summed E-state index contributed by atoms with van der Waals surface area (Å²) in [4.78, 5) is 19.2. The number of nitrogens with one attached hydrogen (secondary N) is 2. The summed E-state index contributed by atoms with van der Waals surface area (Å²) in [5.74, 6) is 0.685. The Balaban J connectivity index is 1.70. The van der Waals surface area contributed by atoms with Gasteiger partial charge in [-0.05, 0) is 25.0 Å². The zero-order valence-corrected chi connectivity index (χ0v) is 10.8. The van der Waals surface area contributed by atoms with Gasteiger partial charge in [0.15, 0.2) is 0 Å². The van der Waals surface area contributed by atoms with Gasteiger partial charge in [0.1, 0.15) is 5.82 Å². The van der Waals surface area contributed by atoms with E-state index in [4.69, 9.17) is 4.74 Å². The number of ether oxygens (including phenoxy) is 1. The third-order valence-corrected chi connectivity index (χ3v) is 3.65. The SMILES string of the molecule is COC1CC(NCc2nc3ccccc3c(=O)[nH]2)C1. The van der Waals surface area contributed by atoms with Crippen molar-refractivity contribution in [1.29, 1.82) is 0 Å². The number of para-hydroxylation sites is 1. The number of benzene rings is 1. The van der Waals surface area contributed by atoms with Gasteiger partial charge in [-0.25, -0.2) is 4.98 Å². The Labute approximate surface area is 111 Å². The molecule has 1 aromatic carbocycles. The van der Waals surface area contributed by atoms with Crippen molar-refractivity contribution in [2.75, 3.05) is 7.11 Å². The van der Waals surface area contributed by atoms with E-state index >= 15 is 0 Å². The predicted octanol–water partition coefficient (Wildman–Crippen LogP) is 1.19. The van der Waals surface area contributed by atoms with Gasteiger partial charge >= 0.3 is 0 Å². The average Bonchev–Trinajstić information content (AvgIpc) is 2.37. The van der Waals surface area contributed by atoms with E-state index in [1.54, 1.807) is 13.2 Å². The molecule has 2 N–H and O–H groups in total. The highest BCUT2D eigenvalue weighted by Crippen LogP contribution is 2.22. The molecular formula is C14H17N3O2. The highest BCUT2D eigenvalue weighted by atomic mass is 16.5. The van der Waals surface area contributed by atoms with E-state index < -0.39 is 0 Å². The number of fused-ring (bicyclic) bond motifs is 1. The van der Waals surface area contributed by atoms with Crippen LogP contribution in [0.25, 0.3) is 10.9 Å². The van der Waals surface area contributed by atoms with Gasteiger partial charge in [-0.3, -0.25) is 4.79 Å². The van der Waals surface area contributed by atoms with Crippen molar-refractivity contribution in [1.82, 2.24) is 15.3 Å². The lowest BCUT2D eigenvalue weighted by Gasteiger charge is -2.34. The molecule has 0 saturated heterocycles. The second kappa shape index (κ2) is 5.11. The zero-order valence-electron chi connectivity index (χ0n) is 10.8. The fourth-order valence-electron chi connectivity index (χ4n) is 2.38. The predicted molar refractivity (Wildman–Crippen MR) is 73.0 cm³/mol. The van der Waals surface area contributed by atoms with Crippen LogP contribution in [0.4, 0.5) is 0 Å². The molecule has 0 spiro atoms. The minimum atomic E-state index is -0.0780. The van der Waals surface area contributed by atoms with Crippen LogP contribution >= 0.6 is 0 Å². The Bertz CT molecular complexity index is 632. The van der Waals surface area contributed by atoms with Crippen LogP contribution < -0.4 is 10.9 Å². The van der Waals surface area contributed by atoms with Gasteiger partial charge in [-0.15, -0.1) is 0 Å². The van der Waals surface area contributed by atoms with Crippen LogP contribution in [0.1, 0.15) is 18.7 Å². The first-order valence-electron chi connectivity index (χ1n) is 6.50. The second-order valence-electron chi connectivity index (χ2n) is 4.94. The van der Waals surface area contributed by atoms with Gasteiger partial charge in [-0.1, -0.05) is 12.1 Å². The first-order chi connectivity index (χ1) is 9.26. The number of aromatic nitrogens is 2. The number of methoxy groups -OCH3 is 1. The Kier molecular flexibility index (Phi) is 3.31. The molecule has 3 rings (SSSR count). The summed E-state index contributed by atoms with van der Waals surface area (Å²) in [7, 11) is 1.74. The van der Waals surface area contributed by atoms with Crippen LogP contribution in [0.2, 0.25) is 0 Å². The number of nitrogens with zero attached hydrogens (tertiary/aromatic N) is 1. The Morgan fingerprint density at radius 3 is 3.00 bits per heavy atom. The van der Waals surface area contributed by atoms with Crippen molar-refractivity contribution >= 4 is 10.9 Å². The Hall–Kier alpha value is -1.72. The fraction of sp³-hybridized carbons (Fsp3) is 0.429. The molecule has 19 heavy (non-hydrogen) atoms. The summed E-state index contributed by atoms with van der Waals surface area (Å²) in [6.45, 7) is 0.584. The number of aromatic amines is 1. The van der Waals surface area contributed by atoms with E-state index in [0.29, 0.717) is 29.9 Å². The molecule has 1 aliphatic carbocycles. The van der Waals surface area contributed by atoms with Gasteiger partial charge in [0.25, 0.3) is 5.56 Å². The van der Waals surface area contributed by atoms with E-state index in [1.807, 2.05) is 18.2 Å². The minimum Gasteiger partial charge on any atom is -0.381 e. The first kappa shape index (κ1) is 12.3. The maximum Gasteiger partial charge on any atom is 0.258 e. The van der Waals surface area contributed by atoms with Crippen LogP contribution in [-0.4, -0.2) is 29.2 Å². The lowest BCUT2D eigenvalue weighted by molar-refractivity contribution is 0.0168. The van der Waals surface area contributed by atoms with Crippen molar-refractivity contribution < 1.29 is 4.74 Å². The summed E-state index contributed by atoms with van der Waals surface area (Å²) < 4.78 is 5.23. The molecule has 5 nitrogen and oxygen atoms in total. The maximum absolute atomic E-state index is 11.9. The number of hydrogen-bond acceptors (Lipinski definition) is 4. The van der Waals surface area contributed by atoms with Crippen LogP contribution in [0.5, 0.6) is 0 Å². The van der Waals surface area contributed by atoms with Crippen LogP contribution in [-0.2, 0) is 11.3 Å². The number of hydrogen-bond donors (Lipinski definition) is 2. The molecule has 0 bridgehead atoms. The number of H-pyrrole nitrogens is 1. The minimum absolute atomic E-state index is 0.0780. The summed E-state index contributed by atoms with van der Waals surface area (Å²) in [5, 5.41) is 4.01. The molecule has 1 saturated carbocycles. The highest BCUT2D eigenvalue weighted by molar-refractivity contribution is 5.77. The van der Waals surface area contributed by atoms with Gasteiger partial charge in [0, 0.05) is 13.2 Å². The van der Waals surface area contributed by atoms with Crippen molar-refractivity contribution in [3.8, 4) is 0 Å². The number of rotatable bonds is 4. The fourth-order valence-corrected chi connectivity index (χ4v) is 2.38. The Morgan fingerprint density at radius 2 is 2.21 bits per heavy atom. The van der Waals surface area contributed by atoms with Gasteiger partial charge in [0.2, 0.25) is 0 Å². The van der Waals surface area contributed by atoms with Crippen molar-refractivity contribution in [3.05, 3.63) is 40.4 Å². The lowest BCUT2D eigenvalue weighted by atomic mass is 9.89. The van der Waals surface area contributed by atoms with E-state index in [1.165, 1.54) is 0 Å². The first-order valence-corrected chi connectivity index (χ1v) is 6.50. The quantitative estimate of drug-likeness (QED) is 0.865. The highest BCUT2D eigenvalue weighted by Gasteiger charge is 2.28. The summed E-state index contributed by atoms with van der Waals surface area (Å²) >= 11 is 0. The summed E-state index contributed by atoms with van der Waals surface area (Å²) in [6, 6.07) is 7.84. The zero-order chi connectivity index (χ0) is 13.2. The molecule has 0 atom stereocenters. The molecule has 0 radical (unpaired) electrons. The third-order valence-electron chi connectivity index (χ3n) is 3.65. The van der Waals surface area contributed by atoms with Crippen molar-refractivity contribution in [2.45, 2.75) is 31.5 Å². The molecule has 5 heteroatoms. The third kappa shape index (κ3) is 2.52. The molecule has 1 aromatic heterocycles. The molecule has 100 valence electrons. The van der Waals surface area contributed by atoms with Gasteiger partial charge in [-0.2, -0.15) is 0 Å². The Morgan fingerprint density at radius 1 is 1.42 bits per heavy atom. The van der Waals surface area contributed by atoms with Crippen LogP contribution in [0.3, 0.4) is 0 Å².